The molecule has 0 radical (unpaired) electrons. The molecular weight excluding hydrogens is 534 g/mol. The number of pyridine rings is 1. The van der Waals surface area contributed by atoms with Crippen molar-refractivity contribution >= 4 is 53.3 Å². The third-order valence-corrected chi connectivity index (χ3v) is 4.94. The summed E-state index contributed by atoms with van der Waals surface area (Å²) >= 11 is 5.84. The largest absolute Gasteiger partial charge is 0.357 e. The Labute approximate surface area is 203 Å². The molecule has 0 bridgehead atoms. The molecule has 0 saturated carbocycles. The fraction of sp³-hybridized carbons (Fsp3) is 0.381. The molecule has 7 nitrogen and oxygen atoms in total. The maximum Gasteiger partial charge on any atom is 0.251 e. The van der Waals surface area contributed by atoms with Gasteiger partial charge in [-0.1, -0.05) is 11.6 Å². The number of guanidine groups is 1. The van der Waals surface area contributed by atoms with Crippen LogP contribution in [0.15, 0.2) is 47.6 Å². The number of hydrogen-bond acceptors (Lipinski definition) is 4. The third-order valence-electron chi connectivity index (χ3n) is 4.69. The summed E-state index contributed by atoms with van der Waals surface area (Å²) in [7, 11) is 0. The van der Waals surface area contributed by atoms with Crippen molar-refractivity contribution in [3.8, 4) is 0 Å². The molecule has 2 aromatic rings. The van der Waals surface area contributed by atoms with Gasteiger partial charge in [0, 0.05) is 49.0 Å². The van der Waals surface area contributed by atoms with Gasteiger partial charge in [0.05, 0.1) is 6.54 Å². The number of carbonyl (C=O) groups excluding carboxylic acids is 1. The molecule has 0 spiro atoms. The van der Waals surface area contributed by atoms with Crippen LogP contribution in [0.1, 0.15) is 23.7 Å². The molecule has 1 aliphatic heterocycles. The first-order chi connectivity index (χ1) is 14.6. The van der Waals surface area contributed by atoms with Gasteiger partial charge in [-0.3, -0.25) is 9.79 Å². The van der Waals surface area contributed by atoms with Gasteiger partial charge in [0.1, 0.15) is 0 Å². The predicted octanol–water partition coefficient (Wildman–Crippen LogP) is 3.06. The zero-order valence-electron chi connectivity index (χ0n) is 17.3. The monoisotopic (exact) mass is 560 g/mol. The van der Waals surface area contributed by atoms with Crippen molar-refractivity contribution in [2.24, 2.45) is 4.99 Å². The lowest BCUT2D eigenvalue weighted by atomic mass is 10.2. The number of hydrogen-bond donors (Lipinski definition) is 3. The predicted molar refractivity (Wildman–Crippen MR) is 133 cm³/mol. The van der Waals surface area contributed by atoms with Crippen LogP contribution >= 0.6 is 35.6 Å². The molecule has 1 aliphatic rings. The van der Waals surface area contributed by atoms with Crippen LogP contribution in [-0.2, 0) is 0 Å². The summed E-state index contributed by atoms with van der Waals surface area (Å²) in [5.74, 6) is 0.582. The molecule has 1 saturated heterocycles. The van der Waals surface area contributed by atoms with Crippen LogP contribution < -0.4 is 20.9 Å². The van der Waals surface area contributed by atoms with Crippen LogP contribution in [0.5, 0.6) is 0 Å². The number of aliphatic imine (C=N–C) groups is 1. The highest BCUT2D eigenvalue weighted by Gasteiger charge is 2.25. The molecule has 1 aromatic carbocycles. The van der Waals surface area contributed by atoms with Crippen molar-refractivity contribution in [1.29, 1.82) is 0 Å². The molecule has 168 valence electrons. The second-order valence-corrected chi connectivity index (χ2v) is 7.34. The number of nitrogens with zero attached hydrogens (tertiary/aromatic N) is 3. The highest BCUT2D eigenvalue weighted by molar-refractivity contribution is 14.0. The zero-order valence-corrected chi connectivity index (χ0v) is 20.4. The Balaban J connectivity index is 0.00000341. The fourth-order valence-electron chi connectivity index (χ4n) is 3.23. The van der Waals surface area contributed by atoms with E-state index >= 15 is 0 Å². The maximum absolute atomic E-state index is 14.0. The molecule has 1 atom stereocenters. The van der Waals surface area contributed by atoms with Gasteiger partial charge in [0.25, 0.3) is 5.91 Å². The Kier molecular flexibility index (Phi) is 10.3. The molecule has 1 aromatic heterocycles. The van der Waals surface area contributed by atoms with Crippen molar-refractivity contribution in [3.63, 3.8) is 0 Å². The van der Waals surface area contributed by atoms with Crippen molar-refractivity contribution in [1.82, 2.24) is 20.9 Å². The highest BCUT2D eigenvalue weighted by Crippen LogP contribution is 2.20. The summed E-state index contributed by atoms with van der Waals surface area (Å²) in [6.45, 7) is 4.92. The smallest absolute Gasteiger partial charge is 0.251 e. The van der Waals surface area contributed by atoms with Gasteiger partial charge in [0.2, 0.25) is 0 Å². The van der Waals surface area contributed by atoms with E-state index in [1.54, 1.807) is 36.5 Å². The van der Waals surface area contributed by atoms with E-state index in [4.69, 9.17) is 11.6 Å². The van der Waals surface area contributed by atoms with E-state index in [-0.39, 0.29) is 41.7 Å². The Morgan fingerprint density at radius 2 is 2.06 bits per heavy atom. The molecule has 31 heavy (non-hydrogen) atoms. The Hall–Kier alpha value is -2.14. The number of rotatable bonds is 7. The van der Waals surface area contributed by atoms with E-state index in [1.807, 2.05) is 11.8 Å². The molecule has 3 N–H and O–H groups in total. The van der Waals surface area contributed by atoms with E-state index in [9.17, 15) is 9.18 Å². The molecule has 10 heteroatoms. The van der Waals surface area contributed by atoms with Crippen LogP contribution in [0.25, 0.3) is 0 Å². The summed E-state index contributed by atoms with van der Waals surface area (Å²) < 4.78 is 14.0. The van der Waals surface area contributed by atoms with Crippen LogP contribution in [0, 0.1) is 5.82 Å². The van der Waals surface area contributed by atoms with E-state index in [0.717, 1.165) is 13.0 Å². The van der Waals surface area contributed by atoms with Crippen LogP contribution in [0.4, 0.5) is 10.2 Å². The van der Waals surface area contributed by atoms with Crippen molar-refractivity contribution in [2.75, 3.05) is 37.6 Å². The van der Waals surface area contributed by atoms with Gasteiger partial charge in [-0.25, -0.2) is 9.37 Å². The average Bonchev–Trinajstić information content (AvgIpc) is 3.20. The zero-order chi connectivity index (χ0) is 21.3. The quantitative estimate of drug-likeness (QED) is 0.210. The number of amides is 1. The van der Waals surface area contributed by atoms with Crippen molar-refractivity contribution in [2.45, 2.75) is 19.4 Å². The minimum absolute atomic E-state index is 0. The molecule has 3 rings (SSSR count). The Bertz CT molecular complexity index is 882. The highest BCUT2D eigenvalue weighted by atomic mass is 127. The lowest BCUT2D eigenvalue weighted by Crippen LogP contribution is -2.45. The minimum Gasteiger partial charge on any atom is -0.357 e. The molecule has 1 amide bonds. The minimum atomic E-state index is -0.310. The molecule has 2 heterocycles. The average molecular weight is 561 g/mol. The molecular formula is C21H27ClFIN6O. The topological polar surface area (TPSA) is 81.6 Å². The second-order valence-electron chi connectivity index (χ2n) is 6.91. The van der Waals surface area contributed by atoms with Gasteiger partial charge in [-0.15, -0.1) is 24.0 Å². The first-order valence-corrected chi connectivity index (χ1v) is 10.4. The summed E-state index contributed by atoms with van der Waals surface area (Å²) in [4.78, 5) is 22.7. The summed E-state index contributed by atoms with van der Waals surface area (Å²) in [6, 6.07) is 9.88. The first-order valence-electron chi connectivity index (χ1n) is 10.0. The van der Waals surface area contributed by atoms with E-state index in [2.05, 4.69) is 25.9 Å². The van der Waals surface area contributed by atoms with Gasteiger partial charge in [-0.05, 0) is 49.7 Å². The van der Waals surface area contributed by atoms with Gasteiger partial charge < -0.3 is 20.9 Å². The van der Waals surface area contributed by atoms with E-state index in [1.165, 1.54) is 6.07 Å². The number of anilines is 1. The number of halogens is 3. The lowest BCUT2D eigenvalue weighted by Gasteiger charge is -2.20. The summed E-state index contributed by atoms with van der Waals surface area (Å²) in [5, 5.41) is 10.0. The second kappa shape index (κ2) is 12.7. The number of carbonyl (C=O) groups is 1. The van der Waals surface area contributed by atoms with Gasteiger partial charge in [0.15, 0.2) is 17.6 Å². The standard InChI is InChI=1S/C21H26ClFN6O.HI/c1-2-24-21(27-12-11-26-20(30)15-5-7-16(22)8-6-15)28-17-9-13-29(14-17)19-18(23)4-3-10-25-19;/h3-8,10,17H,2,9,11-14H2,1H3,(H,26,30)(H2,24,27,28);1H. The number of aromatic nitrogens is 1. The molecule has 1 unspecified atom stereocenters. The lowest BCUT2D eigenvalue weighted by molar-refractivity contribution is 0.0955. The normalized spacial score (nSPS) is 15.9. The summed E-state index contributed by atoms with van der Waals surface area (Å²) in [5.41, 5.74) is 0.557. The molecule has 0 aliphatic carbocycles. The number of nitrogens with one attached hydrogen (secondary N) is 3. The van der Waals surface area contributed by atoms with Gasteiger partial charge in [-0.2, -0.15) is 0 Å². The van der Waals surface area contributed by atoms with Crippen molar-refractivity contribution in [3.05, 3.63) is 59.0 Å². The summed E-state index contributed by atoms with van der Waals surface area (Å²) in [6.07, 6.45) is 2.46. The Morgan fingerprint density at radius 3 is 2.77 bits per heavy atom. The van der Waals surface area contributed by atoms with Crippen LogP contribution in [0.2, 0.25) is 5.02 Å². The van der Waals surface area contributed by atoms with Gasteiger partial charge >= 0.3 is 0 Å². The first kappa shape index (κ1) is 25.1. The Morgan fingerprint density at radius 1 is 1.29 bits per heavy atom. The SMILES string of the molecule is CCNC(=NCCNC(=O)c1ccc(Cl)cc1)NC1CCN(c2ncccc2F)C1.I. The maximum atomic E-state index is 14.0. The van der Waals surface area contributed by atoms with E-state index in [0.29, 0.717) is 48.5 Å². The number of benzene rings is 1. The fourth-order valence-corrected chi connectivity index (χ4v) is 3.36. The van der Waals surface area contributed by atoms with Crippen LogP contribution in [-0.4, -0.2) is 55.6 Å². The third kappa shape index (κ3) is 7.49. The van der Waals surface area contributed by atoms with Crippen molar-refractivity contribution < 1.29 is 9.18 Å². The molecule has 1 fully saturated rings. The van der Waals surface area contributed by atoms with Crippen LogP contribution in [0.3, 0.4) is 0 Å². The van der Waals surface area contributed by atoms with E-state index < -0.39 is 0 Å².